The summed E-state index contributed by atoms with van der Waals surface area (Å²) < 4.78 is 4.50. The summed E-state index contributed by atoms with van der Waals surface area (Å²) in [6.45, 7) is 12.2. The molecule has 1 aliphatic rings. The van der Waals surface area contributed by atoms with Crippen LogP contribution in [0.25, 0.3) is 11.2 Å². The van der Waals surface area contributed by atoms with Gasteiger partial charge in [0.05, 0.1) is 24.8 Å². The zero-order chi connectivity index (χ0) is 19.2. The summed E-state index contributed by atoms with van der Waals surface area (Å²) >= 11 is 0. The molecule has 1 atom stereocenters. The molecule has 0 amide bonds. The van der Waals surface area contributed by atoms with Crippen LogP contribution in [-0.4, -0.2) is 30.9 Å². The van der Waals surface area contributed by atoms with E-state index < -0.39 is 5.69 Å². The molecule has 2 aromatic rings. The minimum Gasteiger partial charge on any atom is -0.294 e. The van der Waals surface area contributed by atoms with Crippen LogP contribution in [0.5, 0.6) is 0 Å². The molecule has 26 heavy (non-hydrogen) atoms. The van der Waals surface area contributed by atoms with Crippen molar-refractivity contribution in [2.75, 3.05) is 11.6 Å². The average molecular weight is 356 g/mol. The lowest BCUT2D eigenvalue weighted by Gasteiger charge is -2.28. The third-order valence-electron chi connectivity index (χ3n) is 4.60. The van der Waals surface area contributed by atoms with Gasteiger partial charge in [-0.1, -0.05) is 24.3 Å². The number of allylic oxidation sites excluding steroid dienone is 2. The van der Waals surface area contributed by atoms with E-state index in [1.165, 1.54) is 9.13 Å². The van der Waals surface area contributed by atoms with Crippen LogP contribution in [0, 0.1) is 0 Å². The maximum Gasteiger partial charge on any atom is 0.332 e. The summed E-state index contributed by atoms with van der Waals surface area (Å²) in [6.07, 6.45) is 3.90. The third kappa shape index (κ3) is 2.61. The molecular formula is C18H24N6O2. The second-order valence-electron chi connectivity index (χ2n) is 6.71. The quantitative estimate of drug-likeness (QED) is 0.783. The Labute approximate surface area is 151 Å². The molecule has 138 valence electrons. The summed E-state index contributed by atoms with van der Waals surface area (Å²) in [6, 6.07) is -0.125. The Kier molecular flexibility index (Phi) is 4.43. The van der Waals surface area contributed by atoms with Crippen LogP contribution in [0.2, 0.25) is 0 Å². The summed E-state index contributed by atoms with van der Waals surface area (Å²) in [4.78, 5) is 30.3. The fraction of sp³-hybridized carbons (Fsp3) is 0.444. The van der Waals surface area contributed by atoms with Gasteiger partial charge in [-0.2, -0.15) is 10.1 Å². The molecule has 0 bridgehead atoms. The van der Waals surface area contributed by atoms with Gasteiger partial charge in [0.25, 0.3) is 5.56 Å². The molecule has 3 rings (SSSR count). The first-order chi connectivity index (χ1) is 12.3. The van der Waals surface area contributed by atoms with Crippen molar-refractivity contribution in [1.82, 2.24) is 18.7 Å². The minimum atomic E-state index is -0.397. The Bertz CT molecular complexity index is 1070. The van der Waals surface area contributed by atoms with Gasteiger partial charge in [-0.3, -0.25) is 18.5 Å². The molecule has 3 heterocycles. The van der Waals surface area contributed by atoms with Gasteiger partial charge in [0.1, 0.15) is 0 Å². The zero-order valence-electron chi connectivity index (χ0n) is 15.9. The first-order valence-corrected chi connectivity index (χ1v) is 8.57. The van der Waals surface area contributed by atoms with E-state index in [1.54, 1.807) is 19.0 Å². The molecule has 0 spiro atoms. The van der Waals surface area contributed by atoms with Crippen molar-refractivity contribution in [3.05, 3.63) is 45.1 Å². The van der Waals surface area contributed by atoms with Gasteiger partial charge >= 0.3 is 5.69 Å². The Balaban J connectivity index is 2.38. The summed E-state index contributed by atoms with van der Waals surface area (Å²) in [7, 11) is 1.63. The number of hydrazone groups is 1. The van der Waals surface area contributed by atoms with E-state index in [0.29, 0.717) is 23.7 Å². The standard InChI is InChI=1S/C18H24N6O2/c1-7-8-9-23-17-19-15-14(24(17)13(5)12(4)20-23)16(25)22(10-11(2)3)18(26)21(15)6/h7-8,13H,2,9-10H2,1,3-6H3/b8-7+. The number of fused-ring (bicyclic) bond motifs is 3. The minimum absolute atomic E-state index is 0.125. The van der Waals surface area contributed by atoms with Crippen molar-refractivity contribution in [3.8, 4) is 0 Å². The maximum absolute atomic E-state index is 13.1. The molecule has 1 aliphatic heterocycles. The molecule has 2 aromatic heterocycles. The summed E-state index contributed by atoms with van der Waals surface area (Å²) in [5, 5.41) is 6.35. The second kappa shape index (κ2) is 6.44. The topological polar surface area (TPSA) is 77.4 Å². The number of anilines is 1. The van der Waals surface area contributed by atoms with Crippen LogP contribution < -0.4 is 16.3 Å². The van der Waals surface area contributed by atoms with Crippen LogP contribution in [0.3, 0.4) is 0 Å². The van der Waals surface area contributed by atoms with Gasteiger partial charge in [0.15, 0.2) is 11.2 Å². The van der Waals surface area contributed by atoms with Gasteiger partial charge in [-0.15, -0.1) is 0 Å². The smallest absolute Gasteiger partial charge is 0.294 e. The van der Waals surface area contributed by atoms with Gasteiger partial charge in [-0.25, -0.2) is 9.80 Å². The molecule has 0 aliphatic carbocycles. The van der Waals surface area contributed by atoms with Crippen molar-refractivity contribution < 1.29 is 0 Å². The lowest BCUT2D eigenvalue weighted by molar-refractivity contribution is 0.631. The fourth-order valence-electron chi connectivity index (χ4n) is 3.12. The van der Waals surface area contributed by atoms with E-state index in [9.17, 15) is 9.59 Å². The molecule has 8 nitrogen and oxygen atoms in total. The molecule has 0 N–H and O–H groups in total. The third-order valence-corrected chi connectivity index (χ3v) is 4.60. The highest BCUT2D eigenvalue weighted by Crippen LogP contribution is 2.29. The number of rotatable bonds is 4. The van der Waals surface area contributed by atoms with Crippen molar-refractivity contribution in [1.29, 1.82) is 0 Å². The first-order valence-electron chi connectivity index (χ1n) is 8.57. The predicted octanol–water partition coefficient (Wildman–Crippen LogP) is 1.81. The van der Waals surface area contributed by atoms with Crippen molar-refractivity contribution in [3.63, 3.8) is 0 Å². The Hall–Kier alpha value is -2.90. The zero-order valence-corrected chi connectivity index (χ0v) is 15.9. The lowest BCUT2D eigenvalue weighted by atomic mass is 10.2. The molecular weight excluding hydrogens is 332 g/mol. The van der Waals surface area contributed by atoms with E-state index >= 15 is 0 Å². The molecule has 1 unspecified atom stereocenters. The number of aryl methyl sites for hydroxylation is 1. The van der Waals surface area contributed by atoms with E-state index in [2.05, 4.69) is 16.7 Å². The van der Waals surface area contributed by atoms with Crippen LogP contribution in [0.15, 0.2) is 39.0 Å². The van der Waals surface area contributed by atoms with Crippen LogP contribution in [0.4, 0.5) is 5.95 Å². The SMILES string of the molecule is C=C(C)Cn1c(=O)c2c(nc3n2C(C)C(C)=NN3C/C=C/C)n(C)c1=O. The highest BCUT2D eigenvalue weighted by molar-refractivity contribution is 5.91. The average Bonchev–Trinajstić information content (AvgIpc) is 2.99. The fourth-order valence-corrected chi connectivity index (χ4v) is 3.12. The molecule has 0 aromatic carbocycles. The van der Waals surface area contributed by atoms with Gasteiger partial charge in [-0.05, 0) is 27.7 Å². The lowest BCUT2D eigenvalue weighted by Crippen LogP contribution is -2.40. The molecule has 0 saturated heterocycles. The molecule has 0 saturated carbocycles. The molecule has 0 fully saturated rings. The van der Waals surface area contributed by atoms with Crippen LogP contribution in [-0.2, 0) is 13.6 Å². The normalized spacial score (nSPS) is 17.0. The number of imidazole rings is 1. The Morgan fingerprint density at radius 2 is 2.04 bits per heavy atom. The number of nitrogens with zero attached hydrogens (tertiary/aromatic N) is 6. The Morgan fingerprint density at radius 3 is 2.65 bits per heavy atom. The highest BCUT2D eigenvalue weighted by atomic mass is 16.2. The van der Waals surface area contributed by atoms with E-state index in [-0.39, 0.29) is 18.1 Å². The van der Waals surface area contributed by atoms with Crippen molar-refractivity contribution in [2.45, 2.75) is 40.3 Å². The van der Waals surface area contributed by atoms with Crippen LogP contribution >= 0.6 is 0 Å². The highest BCUT2D eigenvalue weighted by Gasteiger charge is 2.30. The van der Waals surface area contributed by atoms with Gasteiger partial charge in [0.2, 0.25) is 5.95 Å². The van der Waals surface area contributed by atoms with Gasteiger partial charge in [0, 0.05) is 7.05 Å². The predicted molar refractivity (Wildman–Crippen MR) is 104 cm³/mol. The van der Waals surface area contributed by atoms with E-state index in [0.717, 1.165) is 11.3 Å². The van der Waals surface area contributed by atoms with Crippen molar-refractivity contribution >= 4 is 22.8 Å². The molecule has 8 heteroatoms. The number of hydrogen-bond donors (Lipinski definition) is 0. The largest absolute Gasteiger partial charge is 0.332 e. The monoisotopic (exact) mass is 356 g/mol. The summed E-state index contributed by atoms with van der Waals surface area (Å²) in [5.41, 5.74) is 1.65. The van der Waals surface area contributed by atoms with E-state index in [4.69, 9.17) is 0 Å². The van der Waals surface area contributed by atoms with Gasteiger partial charge < -0.3 is 0 Å². The van der Waals surface area contributed by atoms with E-state index in [1.807, 2.05) is 37.5 Å². The number of aromatic nitrogens is 4. The van der Waals surface area contributed by atoms with Crippen molar-refractivity contribution in [2.24, 2.45) is 12.1 Å². The summed E-state index contributed by atoms with van der Waals surface area (Å²) in [5.74, 6) is 0.566. The van der Waals surface area contributed by atoms with Crippen LogP contribution in [0.1, 0.15) is 33.7 Å². The first kappa shape index (κ1) is 17.9. The second-order valence-corrected chi connectivity index (χ2v) is 6.71. The number of hydrogen-bond acceptors (Lipinski definition) is 5. The maximum atomic E-state index is 13.1. The Morgan fingerprint density at radius 1 is 1.35 bits per heavy atom. The molecule has 0 radical (unpaired) electrons.